The van der Waals surface area contributed by atoms with Gasteiger partial charge in [0.2, 0.25) is 0 Å². The molecule has 0 spiro atoms. The summed E-state index contributed by atoms with van der Waals surface area (Å²) in [4.78, 5) is 4.22. The highest BCUT2D eigenvalue weighted by Crippen LogP contribution is 2.26. The lowest BCUT2D eigenvalue weighted by molar-refractivity contribution is 0.412. The lowest BCUT2D eigenvalue weighted by atomic mass is 10.0. The number of hydrogen-bond donors (Lipinski definition) is 1. The van der Waals surface area contributed by atoms with Crippen LogP contribution < -0.4 is 10.1 Å². The first-order chi connectivity index (χ1) is 7.58. The average Bonchev–Trinajstić information content (AvgIpc) is 2.25. The molecule has 3 heteroatoms. The molecular formula is C13H22N2O. The maximum Gasteiger partial charge on any atom is 0.160 e. The molecule has 0 bridgehead atoms. The number of aryl methyl sites for hydroxylation is 1. The van der Waals surface area contributed by atoms with Gasteiger partial charge in [0.25, 0.3) is 0 Å². The van der Waals surface area contributed by atoms with Gasteiger partial charge in [0.15, 0.2) is 5.75 Å². The molecule has 0 aliphatic carbocycles. The molecule has 16 heavy (non-hydrogen) atoms. The number of rotatable bonds is 5. The van der Waals surface area contributed by atoms with Gasteiger partial charge in [-0.05, 0) is 25.3 Å². The van der Waals surface area contributed by atoms with E-state index in [9.17, 15) is 0 Å². The van der Waals surface area contributed by atoms with E-state index in [2.05, 4.69) is 31.1 Å². The lowest BCUT2D eigenvalue weighted by Crippen LogP contribution is -2.24. The van der Waals surface area contributed by atoms with Crippen LogP contribution >= 0.6 is 0 Å². The Kier molecular flexibility index (Phi) is 4.59. The molecule has 0 saturated heterocycles. The van der Waals surface area contributed by atoms with Crippen molar-refractivity contribution in [3.63, 3.8) is 0 Å². The molecule has 0 fully saturated rings. The van der Waals surface area contributed by atoms with Gasteiger partial charge in [-0.25, -0.2) is 0 Å². The van der Waals surface area contributed by atoms with Gasteiger partial charge in [-0.2, -0.15) is 0 Å². The van der Waals surface area contributed by atoms with Crippen LogP contribution in [0, 0.1) is 12.8 Å². The molecule has 0 amide bonds. The highest BCUT2D eigenvalue weighted by atomic mass is 16.5. The Morgan fingerprint density at radius 1 is 1.44 bits per heavy atom. The third-order valence-electron chi connectivity index (χ3n) is 2.81. The molecule has 1 aromatic heterocycles. The predicted octanol–water partition coefficient (Wildman–Crippen LogP) is 3.25. The molecule has 0 aliphatic rings. The van der Waals surface area contributed by atoms with E-state index < -0.39 is 0 Å². The minimum atomic E-state index is 0.468. The number of nitrogens with zero attached hydrogens (tertiary/aromatic N) is 1. The molecule has 1 N–H and O–H groups in total. The van der Waals surface area contributed by atoms with Crippen LogP contribution in [-0.2, 0) is 0 Å². The normalized spacial score (nSPS) is 12.6. The Labute approximate surface area is 98.2 Å². The molecule has 0 radical (unpaired) electrons. The third-order valence-corrected chi connectivity index (χ3v) is 2.81. The maximum atomic E-state index is 5.30. The molecule has 1 aromatic rings. The highest BCUT2D eigenvalue weighted by Gasteiger charge is 2.13. The van der Waals surface area contributed by atoms with E-state index in [0.29, 0.717) is 12.0 Å². The van der Waals surface area contributed by atoms with Crippen LogP contribution in [0.2, 0.25) is 0 Å². The molecule has 90 valence electrons. The van der Waals surface area contributed by atoms with Gasteiger partial charge >= 0.3 is 0 Å². The van der Waals surface area contributed by atoms with Gasteiger partial charge in [-0.3, -0.25) is 4.98 Å². The van der Waals surface area contributed by atoms with Gasteiger partial charge in [-0.1, -0.05) is 20.8 Å². The standard InChI is InChI=1S/C13H22N2O/c1-6-11(9(2)3)15-12-7-10(4)14-8-13(12)16-5/h7-9,11H,6H2,1-5H3,(H,14,15). The highest BCUT2D eigenvalue weighted by molar-refractivity contribution is 5.56. The maximum absolute atomic E-state index is 5.30. The Balaban J connectivity index is 2.89. The van der Waals surface area contributed by atoms with Crippen molar-refractivity contribution in [1.82, 2.24) is 4.98 Å². The number of ether oxygens (including phenoxy) is 1. The second-order valence-electron chi connectivity index (χ2n) is 4.43. The number of nitrogens with one attached hydrogen (secondary N) is 1. The van der Waals surface area contributed by atoms with Gasteiger partial charge < -0.3 is 10.1 Å². The Morgan fingerprint density at radius 3 is 2.62 bits per heavy atom. The van der Waals surface area contributed by atoms with Crippen LogP contribution in [0.1, 0.15) is 32.9 Å². The summed E-state index contributed by atoms with van der Waals surface area (Å²) in [5, 5.41) is 3.52. The minimum absolute atomic E-state index is 0.468. The van der Waals surface area contributed by atoms with E-state index >= 15 is 0 Å². The van der Waals surface area contributed by atoms with E-state index in [4.69, 9.17) is 4.74 Å². The second kappa shape index (κ2) is 5.73. The summed E-state index contributed by atoms with van der Waals surface area (Å²) < 4.78 is 5.30. The fourth-order valence-corrected chi connectivity index (χ4v) is 1.76. The summed E-state index contributed by atoms with van der Waals surface area (Å²) in [5.74, 6) is 1.41. The molecule has 3 nitrogen and oxygen atoms in total. The molecule has 1 heterocycles. The smallest absolute Gasteiger partial charge is 0.160 e. The van der Waals surface area contributed by atoms with Gasteiger partial charge in [-0.15, -0.1) is 0 Å². The van der Waals surface area contributed by atoms with E-state index in [-0.39, 0.29) is 0 Å². The zero-order chi connectivity index (χ0) is 12.1. The number of hydrogen-bond acceptors (Lipinski definition) is 3. The number of aromatic nitrogens is 1. The van der Waals surface area contributed by atoms with Crippen molar-refractivity contribution in [2.45, 2.75) is 40.2 Å². The largest absolute Gasteiger partial charge is 0.493 e. The summed E-state index contributed by atoms with van der Waals surface area (Å²) in [6, 6.07) is 2.50. The van der Waals surface area contributed by atoms with Gasteiger partial charge in [0.05, 0.1) is 19.0 Å². The van der Waals surface area contributed by atoms with Crippen LogP contribution in [0.5, 0.6) is 5.75 Å². The van der Waals surface area contributed by atoms with E-state index in [1.165, 1.54) is 0 Å². The number of anilines is 1. The first-order valence-corrected chi connectivity index (χ1v) is 5.85. The summed E-state index contributed by atoms with van der Waals surface area (Å²) in [7, 11) is 1.67. The monoisotopic (exact) mass is 222 g/mol. The van der Waals surface area contributed by atoms with Crippen molar-refractivity contribution in [1.29, 1.82) is 0 Å². The SMILES string of the molecule is CCC(Nc1cc(C)ncc1OC)C(C)C. The fraction of sp³-hybridized carbons (Fsp3) is 0.615. The zero-order valence-electron chi connectivity index (χ0n) is 10.9. The average molecular weight is 222 g/mol. The van der Waals surface area contributed by atoms with Crippen molar-refractivity contribution in [2.24, 2.45) is 5.92 Å². The molecule has 1 rings (SSSR count). The van der Waals surface area contributed by atoms with Crippen molar-refractivity contribution in [2.75, 3.05) is 12.4 Å². The van der Waals surface area contributed by atoms with E-state index in [1.54, 1.807) is 13.3 Å². The first kappa shape index (κ1) is 12.8. The molecule has 0 aliphatic heterocycles. The topological polar surface area (TPSA) is 34.2 Å². The first-order valence-electron chi connectivity index (χ1n) is 5.85. The van der Waals surface area contributed by atoms with Crippen molar-refractivity contribution < 1.29 is 4.74 Å². The van der Waals surface area contributed by atoms with E-state index in [0.717, 1.165) is 23.6 Å². The Morgan fingerprint density at radius 2 is 2.12 bits per heavy atom. The van der Waals surface area contributed by atoms with Crippen LogP contribution in [0.25, 0.3) is 0 Å². The van der Waals surface area contributed by atoms with Crippen LogP contribution in [0.4, 0.5) is 5.69 Å². The van der Waals surface area contributed by atoms with Crippen LogP contribution in [-0.4, -0.2) is 18.1 Å². The molecule has 1 unspecified atom stereocenters. The van der Waals surface area contributed by atoms with E-state index in [1.807, 2.05) is 13.0 Å². The van der Waals surface area contributed by atoms with Crippen molar-refractivity contribution in [3.05, 3.63) is 18.0 Å². The Hall–Kier alpha value is -1.25. The second-order valence-corrected chi connectivity index (χ2v) is 4.43. The molecule has 0 aromatic carbocycles. The summed E-state index contributed by atoms with van der Waals surface area (Å²) >= 11 is 0. The van der Waals surface area contributed by atoms with Crippen molar-refractivity contribution >= 4 is 5.69 Å². The molecule has 0 saturated carbocycles. The zero-order valence-corrected chi connectivity index (χ0v) is 10.9. The number of methoxy groups -OCH3 is 1. The quantitative estimate of drug-likeness (QED) is 0.830. The molecule has 1 atom stereocenters. The van der Waals surface area contributed by atoms with Gasteiger partial charge in [0, 0.05) is 11.7 Å². The summed E-state index contributed by atoms with van der Waals surface area (Å²) in [6.45, 7) is 8.63. The number of pyridine rings is 1. The lowest BCUT2D eigenvalue weighted by Gasteiger charge is -2.23. The Bertz CT molecular complexity index is 337. The predicted molar refractivity (Wildman–Crippen MR) is 68.1 cm³/mol. The molecular weight excluding hydrogens is 200 g/mol. The minimum Gasteiger partial charge on any atom is -0.493 e. The van der Waals surface area contributed by atoms with Crippen LogP contribution in [0.3, 0.4) is 0 Å². The van der Waals surface area contributed by atoms with Crippen LogP contribution in [0.15, 0.2) is 12.3 Å². The summed E-state index contributed by atoms with van der Waals surface area (Å²) in [6.07, 6.45) is 2.87. The van der Waals surface area contributed by atoms with Gasteiger partial charge in [0.1, 0.15) is 0 Å². The van der Waals surface area contributed by atoms with Crippen molar-refractivity contribution in [3.8, 4) is 5.75 Å². The third kappa shape index (κ3) is 3.12. The summed E-state index contributed by atoms with van der Waals surface area (Å²) in [5.41, 5.74) is 2.04. The fourth-order valence-electron chi connectivity index (χ4n) is 1.76.